The van der Waals surface area contributed by atoms with Gasteiger partial charge in [-0.1, -0.05) is 52.4 Å². The second kappa shape index (κ2) is 13.6. The highest BCUT2D eigenvalue weighted by molar-refractivity contribution is 7.80. The molecule has 0 unspecified atom stereocenters. The van der Waals surface area contributed by atoms with E-state index in [1.54, 1.807) is 0 Å². The molecule has 1 saturated heterocycles. The van der Waals surface area contributed by atoms with E-state index in [0.717, 1.165) is 42.9 Å². The van der Waals surface area contributed by atoms with E-state index in [1.165, 1.54) is 51.4 Å². The quantitative estimate of drug-likeness (QED) is 0.437. The van der Waals surface area contributed by atoms with Crippen molar-refractivity contribution in [3.63, 3.8) is 0 Å². The van der Waals surface area contributed by atoms with Crippen LogP contribution in [0.3, 0.4) is 0 Å². The molecule has 0 amide bonds. The first kappa shape index (κ1) is 22.4. The molecule has 2 N–H and O–H groups in total. The smallest absolute Gasteiger partial charge is 0.169 e. The van der Waals surface area contributed by atoms with Gasteiger partial charge >= 0.3 is 0 Å². The summed E-state index contributed by atoms with van der Waals surface area (Å²) in [7, 11) is 0. The number of piperazine rings is 1. The molecule has 0 bridgehead atoms. The van der Waals surface area contributed by atoms with Gasteiger partial charge in [-0.15, -0.1) is 0 Å². The minimum atomic E-state index is 0.393. The van der Waals surface area contributed by atoms with Gasteiger partial charge in [-0.2, -0.15) is 0 Å². The van der Waals surface area contributed by atoms with Crippen LogP contribution in [0, 0.1) is 0 Å². The van der Waals surface area contributed by atoms with Crippen molar-refractivity contribution in [1.29, 1.82) is 0 Å². The fourth-order valence-electron chi connectivity index (χ4n) is 3.15. The zero-order valence-electron chi connectivity index (χ0n) is 16.5. The van der Waals surface area contributed by atoms with Crippen LogP contribution in [0.25, 0.3) is 0 Å². The van der Waals surface area contributed by atoms with Crippen LogP contribution in [-0.4, -0.2) is 58.8 Å². The van der Waals surface area contributed by atoms with Crippen LogP contribution in [0.5, 0.6) is 0 Å². The van der Waals surface area contributed by atoms with Crippen LogP contribution >= 0.6 is 24.4 Å². The van der Waals surface area contributed by atoms with Crippen molar-refractivity contribution in [3.8, 4) is 0 Å². The molecule has 0 aromatic rings. The predicted octanol–water partition coefficient (Wildman–Crippen LogP) is 3.90. The maximum absolute atomic E-state index is 5.59. The van der Waals surface area contributed by atoms with Gasteiger partial charge in [0.15, 0.2) is 10.2 Å². The van der Waals surface area contributed by atoms with Gasteiger partial charge in [0, 0.05) is 38.8 Å². The Morgan fingerprint density at radius 1 is 0.840 bits per heavy atom. The molecule has 0 aliphatic carbocycles. The molecule has 1 rings (SSSR count). The van der Waals surface area contributed by atoms with Crippen LogP contribution in [0.1, 0.15) is 72.1 Å². The highest BCUT2D eigenvalue weighted by Crippen LogP contribution is 2.10. The second-order valence-electron chi connectivity index (χ2n) is 7.07. The summed E-state index contributed by atoms with van der Waals surface area (Å²) >= 11 is 11.2. The first-order valence-corrected chi connectivity index (χ1v) is 11.0. The molecule has 25 heavy (non-hydrogen) atoms. The van der Waals surface area contributed by atoms with Gasteiger partial charge in [0.2, 0.25) is 0 Å². The van der Waals surface area contributed by atoms with Crippen molar-refractivity contribution >= 4 is 34.7 Å². The normalized spacial score (nSPS) is 17.5. The monoisotopic (exact) mass is 386 g/mol. The highest BCUT2D eigenvalue weighted by atomic mass is 32.1. The Kier molecular flexibility index (Phi) is 12.2. The summed E-state index contributed by atoms with van der Waals surface area (Å²) in [5.41, 5.74) is 0. The van der Waals surface area contributed by atoms with Crippen molar-refractivity contribution in [2.45, 2.75) is 78.2 Å². The standard InChI is InChI=1S/C19H38N4S2/c1-4-6-8-10-12-20-18(24)22-14-15-23(17(3)16-22)19(25)21-13-11-9-7-5-2/h17H,4-16H2,1-3H3,(H,20,24)(H,21,25)/t17-/m0/s1. The van der Waals surface area contributed by atoms with Gasteiger partial charge in [0.25, 0.3) is 0 Å². The van der Waals surface area contributed by atoms with Crippen molar-refractivity contribution in [3.05, 3.63) is 0 Å². The molecule has 1 atom stereocenters. The minimum absolute atomic E-state index is 0.393. The number of hydrogen-bond acceptors (Lipinski definition) is 2. The van der Waals surface area contributed by atoms with E-state index in [-0.39, 0.29) is 0 Å². The summed E-state index contributed by atoms with van der Waals surface area (Å²) in [4.78, 5) is 4.61. The topological polar surface area (TPSA) is 30.5 Å². The van der Waals surface area contributed by atoms with Crippen molar-refractivity contribution in [1.82, 2.24) is 20.4 Å². The number of rotatable bonds is 10. The lowest BCUT2D eigenvalue weighted by molar-refractivity contribution is 0.193. The molecule has 146 valence electrons. The number of hydrogen-bond donors (Lipinski definition) is 2. The SMILES string of the molecule is CCCCCCNC(=S)N1CCN(C(=S)NCCCCCC)[C@@H](C)C1. The highest BCUT2D eigenvalue weighted by Gasteiger charge is 2.26. The van der Waals surface area contributed by atoms with E-state index in [2.05, 4.69) is 41.2 Å². The van der Waals surface area contributed by atoms with Crippen LogP contribution in [0.2, 0.25) is 0 Å². The lowest BCUT2D eigenvalue weighted by Gasteiger charge is -2.42. The number of unbranched alkanes of at least 4 members (excludes halogenated alkanes) is 6. The summed E-state index contributed by atoms with van der Waals surface area (Å²) in [5, 5.41) is 8.66. The van der Waals surface area contributed by atoms with Gasteiger partial charge < -0.3 is 20.4 Å². The molecule has 4 nitrogen and oxygen atoms in total. The Morgan fingerprint density at radius 3 is 1.92 bits per heavy atom. The van der Waals surface area contributed by atoms with Gasteiger partial charge in [-0.25, -0.2) is 0 Å². The summed E-state index contributed by atoms with van der Waals surface area (Å²) in [5.74, 6) is 0. The summed E-state index contributed by atoms with van der Waals surface area (Å²) in [6, 6.07) is 0.393. The van der Waals surface area contributed by atoms with E-state index in [1.807, 2.05) is 0 Å². The van der Waals surface area contributed by atoms with Gasteiger partial charge in [0.05, 0.1) is 0 Å². The third-order valence-corrected chi connectivity index (χ3v) is 5.57. The van der Waals surface area contributed by atoms with Gasteiger partial charge in [-0.05, 0) is 44.2 Å². The summed E-state index contributed by atoms with van der Waals surface area (Å²) in [6.45, 7) is 11.5. The van der Waals surface area contributed by atoms with Crippen LogP contribution in [-0.2, 0) is 0 Å². The second-order valence-corrected chi connectivity index (χ2v) is 7.85. The predicted molar refractivity (Wildman–Crippen MR) is 117 cm³/mol. The van der Waals surface area contributed by atoms with E-state index in [0.29, 0.717) is 6.04 Å². The lowest BCUT2D eigenvalue weighted by Crippen LogP contribution is -2.59. The fraction of sp³-hybridized carbons (Fsp3) is 0.895. The Labute approximate surface area is 166 Å². The van der Waals surface area contributed by atoms with Crippen LogP contribution in [0.4, 0.5) is 0 Å². The maximum Gasteiger partial charge on any atom is 0.169 e. The van der Waals surface area contributed by atoms with E-state index < -0.39 is 0 Å². The molecule has 1 aliphatic rings. The molecule has 1 aliphatic heterocycles. The zero-order chi connectivity index (χ0) is 18.5. The molecule has 1 fully saturated rings. The first-order chi connectivity index (χ1) is 12.1. The van der Waals surface area contributed by atoms with E-state index in [9.17, 15) is 0 Å². The first-order valence-electron chi connectivity index (χ1n) is 10.2. The number of thiocarbonyl (C=S) groups is 2. The van der Waals surface area contributed by atoms with Crippen molar-refractivity contribution in [2.24, 2.45) is 0 Å². The van der Waals surface area contributed by atoms with Crippen LogP contribution in [0.15, 0.2) is 0 Å². The molecule has 0 radical (unpaired) electrons. The average molecular weight is 387 g/mol. The average Bonchev–Trinajstić information content (AvgIpc) is 2.60. The molecule has 1 heterocycles. The Morgan fingerprint density at radius 2 is 1.40 bits per heavy atom. The largest absolute Gasteiger partial charge is 0.363 e. The van der Waals surface area contributed by atoms with Gasteiger partial charge in [0.1, 0.15) is 0 Å². The molecule has 0 aromatic heterocycles. The molecular weight excluding hydrogens is 348 g/mol. The van der Waals surface area contributed by atoms with Crippen molar-refractivity contribution in [2.75, 3.05) is 32.7 Å². The maximum atomic E-state index is 5.59. The Bertz CT molecular complexity index is 390. The fourth-order valence-corrected chi connectivity index (χ4v) is 3.79. The van der Waals surface area contributed by atoms with Gasteiger partial charge in [-0.3, -0.25) is 0 Å². The lowest BCUT2D eigenvalue weighted by atomic mass is 10.2. The summed E-state index contributed by atoms with van der Waals surface area (Å²) < 4.78 is 0. The molecule has 0 saturated carbocycles. The zero-order valence-corrected chi connectivity index (χ0v) is 18.1. The third kappa shape index (κ3) is 9.04. The number of nitrogens with zero attached hydrogens (tertiary/aromatic N) is 2. The third-order valence-electron chi connectivity index (χ3n) is 4.79. The van der Waals surface area contributed by atoms with E-state index in [4.69, 9.17) is 24.4 Å². The van der Waals surface area contributed by atoms with Crippen LogP contribution < -0.4 is 10.6 Å². The number of nitrogens with one attached hydrogen (secondary N) is 2. The van der Waals surface area contributed by atoms with E-state index >= 15 is 0 Å². The molecule has 0 aromatic carbocycles. The minimum Gasteiger partial charge on any atom is -0.363 e. The Balaban J connectivity index is 2.23. The molecule has 0 spiro atoms. The Hall–Kier alpha value is -0.620. The van der Waals surface area contributed by atoms with Crippen molar-refractivity contribution < 1.29 is 0 Å². The molecular formula is C19H38N4S2. The summed E-state index contributed by atoms with van der Waals surface area (Å²) in [6.07, 6.45) is 10.2. The molecule has 6 heteroatoms.